The first kappa shape index (κ1) is 82.1. The van der Waals surface area contributed by atoms with Crippen molar-refractivity contribution >= 4 is 39.5 Å². The van der Waals surface area contributed by atoms with Crippen LogP contribution in [0.1, 0.15) is 318 Å². The normalized spacial score (nSPS) is 14.3. The van der Waals surface area contributed by atoms with Crippen molar-refractivity contribution in [2.24, 2.45) is 17.8 Å². The minimum atomic E-state index is -4.95. The Balaban J connectivity index is 5.22. The van der Waals surface area contributed by atoms with Crippen molar-refractivity contribution in [1.29, 1.82) is 0 Å². The summed E-state index contributed by atoms with van der Waals surface area (Å²) in [5.41, 5.74) is 0. The van der Waals surface area contributed by atoms with Crippen LogP contribution in [0.4, 0.5) is 0 Å². The van der Waals surface area contributed by atoms with Crippen LogP contribution >= 0.6 is 15.6 Å². The second-order valence-corrected chi connectivity index (χ2v) is 27.8. The average molecular weight is 1240 g/mol. The van der Waals surface area contributed by atoms with Gasteiger partial charge in [-0.15, -0.1) is 0 Å². The molecular formula is C65H126O17P2. The van der Waals surface area contributed by atoms with Gasteiger partial charge in [0.1, 0.15) is 19.3 Å². The predicted molar refractivity (Wildman–Crippen MR) is 335 cm³/mol. The summed E-state index contributed by atoms with van der Waals surface area (Å²) < 4.78 is 67.9. The molecule has 0 saturated heterocycles. The van der Waals surface area contributed by atoms with Gasteiger partial charge in [-0.05, 0) is 43.4 Å². The third kappa shape index (κ3) is 59.0. The molecule has 0 radical (unpaired) electrons. The molecule has 0 aliphatic heterocycles. The SMILES string of the molecule is CCCCCCCCCC(=O)OC[C@H](COP(=O)(O)OC[C@H](O)COP(=O)(O)OC[C@@H](COC(=O)CCCCCCCCCCCC(C)C)OC(=O)CCCCCCCCCCCCCCC(C)C)OC(=O)CCCCCCCCCC(C)C. The molecule has 19 heteroatoms. The van der Waals surface area contributed by atoms with Crippen molar-refractivity contribution in [2.75, 3.05) is 39.6 Å². The van der Waals surface area contributed by atoms with Crippen LogP contribution in [0.3, 0.4) is 0 Å². The van der Waals surface area contributed by atoms with Crippen molar-refractivity contribution in [3.63, 3.8) is 0 Å². The molecule has 0 bridgehead atoms. The van der Waals surface area contributed by atoms with Gasteiger partial charge in [0.25, 0.3) is 0 Å². The Morgan fingerprint density at radius 3 is 0.810 bits per heavy atom. The fourth-order valence-corrected chi connectivity index (χ4v) is 11.2. The molecule has 0 spiro atoms. The molecule has 0 aromatic heterocycles. The first-order valence-corrected chi connectivity index (χ1v) is 36.8. The zero-order valence-electron chi connectivity index (χ0n) is 54.4. The quantitative estimate of drug-likeness (QED) is 0.0222. The van der Waals surface area contributed by atoms with Crippen LogP contribution in [0.25, 0.3) is 0 Å². The summed E-state index contributed by atoms with van der Waals surface area (Å²) in [6.45, 7) is 11.7. The minimum Gasteiger partial charge on any atom is -0.462 e. The molecule has 0 amide bonds. The zero-order valence-corrected chi connectivity index (χ0v) is 56.1. The highest BCUT2D eigenvalue weighted by molar-refractivity contribution is 7.47. The Morgan fingerprint density at radius 1 is 0.321 bits per heavy atom. The molecule has 0 heterocycles. The molecule has 2 unspecified atom stereocenters. The summed E-state index contributed by atoms with van der Waals surface area (Å²) in [4.78, 5) is 72.1. The Labute approximate surface area is 511 Å². The second kappa shape index (κ2) is 56.3. The van der Waals surface area contributed by atoms with E-state index < -0.39 is 97.5 Å². The molecule has 0 rings (SSSR count). The maximum absolute atomic E-state index is 13.0. The lowest BCUT2D eigenvalue weighted by Crippen LogP contribution is -2.30. The average Bonchev–Trinajstić information content (AvgIpc) is 3.45. The zero-order chi connectivity index (χ0) is 62.4. The number of rotatable bonds is 63. The number of unbranched alkanes of at least 4 members (excludes halogenated alkanes) is 31. The fourth-order valence-electron chi connectivity index (χ4n) is 9.66. The van der Waals surface area contributed by atoms with Crippen molar-refractivity contribution in [1.82, 2.24) is 0 Å². The van der Waals surface area contributed by atoms with Gasteiger partial charge in [-0.2, -0.15) is 0 Å². The Morgan fingerprint density at radius 2 is 0.548 bits per heavy atom. The lowest BCUT2D eigenvalue weighted by Gasteiger charge is -2.21. The first-order valence-electron chi connectivity index (χ1n) is 33.8. The van der Waals surface area contributed by atoms with Gasteiger partial charge in [-0.1, -0.05) is 267 Å². The molecule has 0 aromatic carbocycles. The van der Waals surface area contributed by atoms with Gasteiger partial charge in [0, 0.05) is 25.7 Å². The summed E-state index contributed by atoms with van der Waals surface area (Å²) in [5, 5.41) is 10.5. The standard InChI is InChI=1S/C65H126O17P2/c1-8-9-10-11-22-32-39-46-62(67)75-52-60(82-65(70)49-42-35-28-21-25-31-38-45-58(6)7)54-79-83(71,72)77-50-59(66)51-78-84(73,74)80-55-61(53-76-63(68)47-40-33-26-20-16-18-24-30-37-44-57(4)5)81-64(69)48-41-34-27-19-15-13-12-14-17-23-29-36-43-56(2)3/h56-61,66H,8-55H2,1-7H3,(H,71,72)(H,73,74)/t59-,60+,61+/m0/s1. The van der Waals surface area contributed by atoms with E-state index >= 15 is 0 Å². The highest BCUT2D eigenvalue weighted by Gasteiger charge is 2.30. The number of carbonyl (C=O) groups is 4. The van der Waals surface area contributed by atoms with Crippen molar-refractivity contribution in [2.45, 2.75) is 336 Å². The molecule has 17 nitrogen and oxygen atoms in total. The van der Waals surface area contributed by atoms with Crippen LogP contribution in [-0.2, 0) is 65.4 Å². The van der Waals surface area contributed by atoms with Crippen LogP contribution in [0.15, 0.2) is 0 Å². The van der Waals surface area contributed by atoms with E-state index in [-0.39, 0.29) is 25.7 Å². The van der Waals surface area contributed by atoms with Crippen molar-refractivity contribution < 1.29 is 80.2 Å². The summed E-state index contributed by atoms with van der Waals surface area (Å²) >= 11 is 0. The molecule has 84 heavy (non-hydrogen) atoms. The fraction of sp³-hybridized carbons (Fsp3) is 0.938. The molecule has 5 atom stereocenters. The van der Waals surface area contributed by atoms with E-state index in [0.29, 0.717) is 31.6 Å². The van der Waals surface area contributed by atoms with Crippen LogP contribution in [0.5, 0.6) is 0 Å². The van der Waals surface area contributed by atoms with Crippen LogP contribution in [0, 0.1) is 17.8 Å². The van der Waals surface area contributed by atoms with Crippen LogP contribution < -0.4 is 0 Å². The van der Waals surface area contributed by atoms with Gasteiger partial charge in [-0.3, -0.25) is 37.3 Å². The number of esters is 4. The molecule has 0 aliphatic carbocycles. The largest absolute Gasteiger partial charge is 0.472 e. The highest BCUT2D eigenvalue weighted by Crippen LogP contribution is 2.45. The predicted octanol–water partition coefficient (Wildman–Crippen LogP) is 17.9. The van der Waals surface area contributed by atoms with Gasteiger partial charge in [-0.25, -0.2) is 9.13 Å². The second-order valence-electron chi connectivity index (χ2n) is 24.9. The smallest absolute Gasteiger partial charge is 0.462 e. The van der Waals surface area contributed by atoms with E-state index in [0.717, 1.165) is 115 Å². The van der Waals surface area contributed by atoms with Crippen LogP contribution in [-0.4, -0.2) is 96.7 Å². The minimum absolute atomic E-state index is 0.103. The monoisotopic (exact) mass is 1240 g/mol. The summed E-state index contributed by atoms with van der Waals surface area (Å²) in [5.74, 6) is 0.0767. The van der Waals surface area contributed by atoms with Gasteiger partial charge < -0.3 is 33.8 Å². The number of hydrogen-bond donors (Lipinski definition) is 3. The number of aliphatic hydroxyl groups is 1. The molecule has 0 aromatic rings. The van der Waals surface area contributed by atoms with E-state index in [9.17, 15) is 43.2 Å². The maximum atomic E-state index is 13.0. The first-order chi connectivity index (χ1) is 40.2. The summed E-state index contributed by atoms with van der Waals surface area (Å²) in [6, 6.07) is 0. The summed E-state index contributed by atoms with van der Waals surface area (Å²) in [7, 11) is -9.89. The van der Waals surface area contributed by atoms with E-state index in [4.69, 9.17) is 37.0 Å². The molecule has 0 fully saturated rings. The lowest BCUT2D eigenvalue weighted by atomic mass is 10.0. The number of aliphatic hydroxyl groups excluding tert-OH is 1. The number of ether oxygens (including phenoxy) is 4. The Hall–Kier alpha value is -1.94. The van der Waals surface area contributed by atoms with Gasteiger partial charge in [0.15, 0.2) is 12.2 Å². The van der Waals surface area contributed by atoms with Crippen molar-refractivity contribution in [3.05, 3.63) is 0 Å². The van der Waals surface area contributed by atoms with Crippen molar-refractivity contribution in [3.8, 4) is 0 Å². The Bertz CT molecular complexity index is 1660. The number of hydrogen-bond acceptors (Lipinski definition) is 15. The van der Waals surface area contributed by atoms with Crippen LogP contribution in [0.2, 0.25) is 0 Å². The van der Waals surface area contributed by atoms with Gasteiger partial charge in [0.05, 0.1) is 26.4 Å². The molecule has 0 aliphatic rings. The third-order valence-corrected chi connectivity index (χ3v) is 16.8. The molecule has 0 saturated carbocycles. The maximum Gasteiger partial charge on any atom is 0.472 e. The third-order valence-electron chi connectivity index (χ3n) is 14.9. The Kier molecular flexibility index (Phi) is 55.0. The topological polar surface area (TPSA) is 237 Å². The number of carbonyl (C=O) groups excluding carboxylic acids is 4. The van der Waals surface area contributed by atoms with Gasteiger partial charge >= 0.3 is 39.5 Å². The summed E-state index contributed by atoms with van der Waals surface area (Å²) in [6.07, 6.45) is 37.8. The lowest BCUT2D eigenvalue weighted by molar-refractivity contribution is -0.161. The highest BCUT2D eigenvalue weighted by atomic mass is 31.2. The van der Waals surface area contributed by atoms with E-state index in [1.165, 1.54) is 116 Å². The number of phosphoric acid groups is 2. The molecule has 3 N–H and O–H groups in total. The van der Waals surface area contributed by atoms with E-state index in [1.807, 2.05) is 0 Å². The molecular weight excluding hydrogens is 1110 g/mol. The molecule has 498 valence electrons. The van der Waals surface area contributed by atoms with Gasteiger partial charge in [0.2, 0.25) is 0 Å². The van der Waals surface area contributed by atoms with E-state index in [2.05, 4.69) is 48.5 Å². The van der Waals surface area contributed by atoms with E-state index in [1.54, 1.807) is 0 Å². The number of phosphoric ester groups is 2.